The monoisotopic (exact) mass is 608 g/mol. The molecule has 0 unspecified atom stereocenters. The number of ether oxygens (including phenoxy) is 2. The number of nitrogens with zero attached hydrogens (tertiary/aromatic N) is 4. The van der Waals surface area contributed by atoms with E-state index in [9.17, 15) is 19.7 Å². The zero-order valence-electron chi connectivity index (χ0n) is 19.2. The Morgan fingerprint density at radius 2 is 2.00 bits per heavy atom. The van der Waals surface area contributed by atoms with Gasteiger partial charge in [0, 0.05) is 27.0 Å². The standard InChI is InChI=1S/C23H22Br2N4O6/c1-4-6-20-27-18-8-7-15(24)10-17(18)22(30)28(20)26-12-14-9-16(25)11-19(29(32)33)21(14)35-13(3)23(31)34-5-2/h7-13H,4-6H2,1-3H3/t13-/m1/s1. The Bertz CT molecular complexity index is 1370. The number of nitro benzene ring substituents is 1. The molecule has 0 N–H and O–H groups in total. The summed E-state index contributed by atoms with van der Waals surface area (Å²) in [6.07, 6.45) is 1.37. The topological polar surface area (TPSA) is 126 Å². The largest absolute Gasteiger partial charge is 0.471 e. The summed E-state index contributed by atoms with van der Waals surface area (Å²) in [6.45, 7) is 5.16. The molecule has 184 valence electrons. The van der Waals surface area contributed by atoms with Crippen molar-refractivity contribution in [1.82, 2.24) is 9.66 Å². The third-order valence-electron chi connectivity index (χ3n) is 4.83. The minimum Gasteiger partial charge on any atom is -0.471 e. The van der Waals surface area contributed by atoms with E-state index in [1.165, 1.54) is 23.9 Å². The van der Waals surface area contributed by atoms with Crippen LogP contribution in [0.2, 0.25) is 0 Å². The zero-order chi connectivity index (χ0) is 25.7. The second-order valence-corrected chi connectivity index (χ2v) is 9.24. The lowest BCUT2D eigenvalue weighted by molar-refractivity contribution is -0.386. The van der Waals surface area contributed by atoms with Crippen molar-refractivity contribution in [2.24, 2.45) is 5.10 Å². The highest BCUT2D eigenvalue weighted by Gasteiger charge is 2.25. The van der Waals surface area contributed by atoms with E-state index in [1.54, 1.807) is 31.2 Å². The van der Waals surface area contributed by atoms with Gasteiger partial charge < -0.3 is 9.47 Å². The van der Waals surface area contributed by atoms with E-state index >= 15 is 0 Å². The van der Waals surface area contributed by atoms with Crippen LogP contribution in [0.15, 0.2) is 49.2 Å². The fourth-order valence-electron chi connectivity index (χ4n) is 3.26. The molecule has 1 aromatic heterocycles. The summed E-state index contributed by atoms with van der Waals surface area (Å²) in [4.78, 5) is 41.0. The molecule has 0 aliphatic carbocycles. The average molecular weight is 610 g/mol. The van der Waals surface area contributed by atoms with Crippen molar-refractivity contribution in [2.45, 2.75) is 39.7 Å². The van der Waals surface area contributed by atoms with Gasteiger partial charge in [0.2, 0.25) is 5.75 Å². The van der Waals surface area contributed by atoms with Crippen molar-refractivity contribution < 1.29 is 19.2 Å². The van der Waals surface area contributed by atoms with Gasteiger partial charge in [-0.2, -0.15) is 9.78 Å². The number of carbonyl (C=O) groups is 1. The molecule has 35 heavy (non-hydrogen) atoms. The van der Waals surface area contributed by atoms with Crippen molar-refractivity contribution in [2.75, 3.05) is 6.61 Å². The van der Waals surface area contributed by atoms with Gasteiger partial charge in [-0.25, -0.2) is 9.78 Å². The quantitative estimate of drug-likeness (QED) is 0.145. The van der Waals surface area contributed by atoms with Gasteiger partial charge in [0.05, 0.1) is 28.6 Å². The molecule has 2 aromatic carbocycles. The molecule has 0 bridgehead atoms. The first-order chi connectivity index (χ1) is 16.7. The fourth-order valence-corrected chi connectivity index (χ4v) is 4.09. The molecule has 1 heterocycles. The van der Waals surface area contributed by atoms with Gasteiger partial charge in [-0.05, 0) is 44.5 Å². The molecular weight excluding hydrogens is 588 g/mol. The van der Waals surface area contributed by atoms with Crippen LogP contribution in [-0.4, -0.2) is 39.5 Å². The molecule has 10 nitrogen and oxygen atoms in total. The Hall–Kier alpha value is -3.12. The Labute approximate surface area is 217 Å². The van der Waals surface area contributed by atoms with Crippen LogP contribution in [-0.2, 0) is 16.0 Å². The molecule has 3 aromatic rings. The number of esters is 1. The maximum absolute atomic E-state index is 13.2. The summed E-state index contributed by atoms with van der Waals surface area (Å²) < 4.78 is 12.9. The molecular formula is C23H22Br2N4O6. The zero-order valence-corrected chi connectivity index (χ0v) is 22.3. The molecule has 1 atom stereocenters. The van der Waals surface area contributed by atoms with E-state index in [1.807, 2.05) is 6.92 Å². The van der Waals surface area contributed by atoms with E-state index in [0.717, 1.165) is 6.42 Å². The number of carbonyl (C=O) groups excluding carboxylic acids is 1. The van der Waals surface area contributed by atoms with Gasteiger partial charge in [0.25, 0.3) is 5.56 Å². The molecule has 0 saturated heterocycles. The van der Waals surface area contributed by atoms with Crippen molar-refractivity contribution in [1.29, 1.82) is 0 Å². The fraction of sp³-hybridized carbons (Fsp3) is 0.304. The number of nitro groups is 1. The Kier molecular flexibility index (Phi) is 8.73. The summed E-state index contributed by atoms with van der Waals surface area (Å²) in [5.74, 6) is -0.405. The number of halogens is 2. The lowest BCUT2D eigenvalue weighted by Gasteiger charge is -2.15. The SMILES string of the molecule is CCCc1nc2ccc(Br)cc2c(=O)n1N=Cc1cc(Br)cc([N+](=O)[O-])c1O[C@H](C)C(=O)OCC. The van der Waals surface area contributed by atoms with Crippen LogP contribution < -0.4 is 10.3 Å². The van der Waals surface area contributed by atoms with Gasteiger partial charge in [0.15, 0.2) is 6.10 Å². The van der Waals surface area contributed by atoms with Crippen LogP contribution in [0, 0.1) is 10.1 Å². The molecule has 0 fully saturated rings. The number of fused-ring (bicyclic) bond motifs is 1. The number of aryl methyl sites for hydroxylation is 1. The average Bonchev–Trinajstić information content (AvgIpc) is 2.80. The highest BCUT2D eigenvalue weighted by Crippen LogP contribution is 2.34. The maximum Gasteiger partial charge on any atom is 0.347 e. The van der Waals surface area contributed by atoms with Crippen LogP contribution in [0.4, 0.5) is 5.69 Å². The lowest BCUT2D eigenvalue weighted by Crippen LogP contribution is -2.27. The lowest BCUT2D eigenvalue weighted by atomic mass is 10.2. The van der Waals surface area contributed by atoms with Gasteiger partial charge >= 0.3 is 11.7 Å². The molecule has 0 spiro atoms. The van der Waals surface area contributed by atoms with E-state index in [0.29, 0.717) is 32.1 Å². The smallest absolute Gasteiger partial charge is 0.347 e. The summed E-state index contributed by atoms with van der Waals surface area (Å²) in [7, 11) is 0. The van der Waals surface area contributed by atoms with Gasteiger partial charge in [-0.15, -0.1) is 0 Å². The number of hydrogen-bond donors (Lipinski definition) is 0. The summed E-state index contributed by atoms with van der Waals surface area (Å²) in [5.41, 5.74) is -0.0362. The first-order valence-electron chi connectivity index (χ1n) is 10.7. The third-order valence-corrected chi connectivity index (χ3v) is 5.79. The minimum atomic E-state index is -1.11. The van der Waals surface area contributed by atoms with E-state index in [4.69, 9.17) is 9.47 Å². The Balaban J connectivity index is 2.16. The van der Waals surface area contributed by atoms with E-state index in [-0.39, 0.29) is 29.2 Å². The first kappa shape index (κ1) is 26.5. The molecule has 0 amide bonds. The maximum atomic E-state index is 13.2. The second kappa shape index (κ2) is 11.5. The van der Waals surface area contributed by atoms with Crippen molar-refractivity contribution in [3.05, 3.63) is 71.1 Å². The Morgan fingerprint density at radius 1 is 1.26 bits per heavy atom. The van der Waals surface area contributed by atoms with Gasteiger partial charge in [0.1, 0.15) is 5.82 Å². The molecule has 0 aliphatic rings. The number of aromatic nitrogens is 2. The summed E-state index contributed by atoms with van der Waals surface area (Å²) >= 11 is 6.62. The number of hydrogen-bond acceptors (Lipinski definition) is 8. The summed E-state index contributed by atoms with van der Waals surface area (Å²) in [6, 6.07) is 8.00. The van der Waals surface area contributed by atoms with E-state index < -0.39 is 17.0 Å². The molecule has 0 saturated carbocycles. The first-order valence-corrected chi connectivity index (χ1v) is 12.3. The highest BCUT2D eigenvalue weighted by atomic mass is 79.9. The van der Waals surface area contributed by atoms with Crippen molar-refractivity contribution in [3.8, 4) is 5.75 Å². The van der Waals surface area contributed by atoms with E-state index in [2.05, 4.69) is 41.9 Å². The predicted molar refractivity (Wildman–Crippen MR) is 138 cm³/mol. The van der Waals surface area contributed by atoms with Crippen molar-refractivity contribution in [3.63, 3.8) is 0 Å². The molecule has 0 aliphatic heterocycles. The third kappa shape index (κ3) is 6.12. The van der Waals surface area contributed by atoms with Crippen molar-refractivity contribution >= 4 is 60.6 Å². The second-order valence-electron chi connectivity index (χ2n) is 7.41. The Morgan fingerprint density at radius 3 is 2.66 bits per heavy atom. The normalized spacial score (nSPS) is 12.1. The van der Waals surface area contributed by atoms with Crippen LogP contribution in [0.25, 0.3) is 10.9 Å². The van der Waals surface area contributed by atoms with Crippen LogP contribution in [0.1, 0.15) is 38.6 Å². The summed E-state index contributed by atoms with van der Waals surface area (Å²) in [5, 5.41) is 16.4. The molecule has 3 rings (SSSR count). The number of rotatable bonds is 9. The minimum absolute atomic E-state index is 0.136. The predicted octanol–water partition coefficient (Wildman–Crippen LogP) is 4.99. The van der Waals surface area contributed by atoms with Gasteiger partial charge in [-0.1, -0.05) is 38.8 Å². The number of benzene rings is 2. The van der Waals surface area contributed by atoms with Gasteiger partial charge in [-0.3, -0.25) is 14.9 Å². The highest BCUT2D eigenvalue weighted by molar-refractivity contribution is 9.10. The molecule has 0 radical (unpaired) electrons. The van der Waals surface area contributed by atoms with Crippen LogP contribution in [0.5, 0.6) is 5.75 Å². The van der Waals surface area contributed by atoms with Crippen LogP contribution in [0.3, 0.4) is 0 Å². The van der Waals surface area contributed by atoms with Crippen LogP contribution >= 0.6 is 31.9 Å². The molecule has 12 heteroatoms.